The highest BCUT2D eigenvalue weighted by Gasteiger charge is 2.21. The molecule has 1 saturated heterocycles. The number of anilines is 1. The van der Waals surface area contributed by atoms with Crippen molar-refractivity contribution in [1.29, 1.82) is 0 Å². The van der Waals surface area contributed by atoms with Crippen molar-refractivity contribution in [1.82, 2.24) is 19.9 Å². The van der Waals surface area contributed by atoms with Crippen LogP contribution in [0.3, 0.4) is 0 Å². The van der Waals surface area contributed by atoms with E-state index in [9.17, 15) is 9.59 Å². The molecule has 0 bridgehead atoms. The van der Waals surface area contributed by atoms with Crippen molar-refractivity contribution in [3.8, 4) is 5.69 Å². The normalized spacial score (nSPS) is 13.4. The van der Waals surface area contributed by atoms with Gasteiger partial charge in [0.1, 0.15) is 0 Å². The van der Waals surface area contributed by atoms with Crippen LogP contribution in [0.15, 0.2) is 71.8 Å². The van der Waals surface area contributed by atoms with Crippen LogP contribution < -0.4 is 15.8 Å². The van der Waals surface area contributed by atoms with Gasteiger partial charge in [0.2, 0.25) is 5.95 Å². The lowest BCUT2D eigenvalue weighted by Gasteiger charge is -2.22. The van der Waals surface area contributed by atoms with Gasteiger partial charge in [-0.25, -0.2) is 9.55 Å². The van der Waals surface area contributed by atoms with Crippen LogP contribution in [0.25, 0.3) is 16.6 Å². The number of fused-ring (bicyclic) bond motifs is 1. The third-order valence-electron chi connectivity index (χ3n) is 6.00. The molecule has 0 atom stereocenters. The zero-order valence-corrected chi connectivity index (χ0v) is 18.5. The molecule has 1 fully saturated rings. The lowest BCUT2D eigenvalue weighted by atomic mass is 10.1. The third kappa shape index (κ3) is 4.22. The molecule has 0 saturated carbocycles. The number of pyridine rings is 1. The predicted molar refractivity (Wildman–Crippen MR) is 129 cm³/mol. The largest absolute Gasteiger partial charge is 0.348 e. The molecule has 0 radical (unpaired) electrons. The summed E-state index contributed by atoms with van der Waals surface area (Å²) in [5.41, 5.74) is 3.77. The van der Waals surface area contributed by atoms with E-state index in [1.54, 1.807) is 35.2 Å². The summed E-state index contributed by atoms with van der Waals surface area (Å²) in [6.45, 7) is 4.14. The maximum absolute atomic E-state index is 13.6. The summed E-state index contributed by atoms with van der Waals surface area (Å²) in [4.78, 5) is 37.4. The van der Waals surface area contributed by atoms with E-state index in [2.05, 4.69) is 15.2 Å². The average molecular weight is 440 g/mol. The number of benzene rings is 2. The maximum Gasteiger partial charge on any atom is 0.267 e. The fraction of sp³-hybridized carbons (Fsp3) is 0.231. The maximum atomic E-state index is 13.6. The van der Waals surface area contributed by atoms with Gasteiger partial charge < -0.3 is 10.2 Å². The minimum Gasteiger partial charge on any atom is -0.348 e. The molecule has 7 nitrogen and oxygen atoms in total. The van der Waals surface area contributed by atoms with E-state index >= 15 is 0 Å². The Morgan fingerprint density at radius 3 is 2.45 bits per heavy atom. The molecule has 5 rings (SSSR count). The van der Waals surface area contributed by atoms with Gasteiger partial charge in [-0.1, -0.05) is 17.7 Å². The second kappa shape index (κ2) is 8.86. The van der Waals surface area contributed by atoms with Crippen LogP contribution in [-0.4, -0.2) is 33.5 Å². The average Bonchev–Trinajstić information content (AvgIpc) is 3.38. The standard InChI is InChI=1S/C26H25N5O2/c1-18-4-7-21(8-5-18)31-25(33)22-9-6-20(24(32)28-17-19-10-12-27-13-11-19)16-23(22)29-26(31)30-14-2-3-15-30/h4-13,16H,2-3,14-15,17H2,1H3,(H,28,32). The van der Waals surface area contributed by atoms with E-state index in [0.29, 0.717) is 29.0 Å². The zero-order valence-electron chi connectivity index (χ0n) is 18.5. The van der Waals surface area contributed by atoms with Gasteiger partial charge in [0, 0.05) is 37.6 Å². The fourth-order valence-electron chi connectivity index (χ4n) is 4.16. The molecule has 3 heterocycles. The molecular weight excluding hydrogens is 414 g/mol. The fourth-order valence-corrected chi connectivity index (χ4v) is 4.16. The molecule has 166 valence electrons. The van der Waals surface area contributed by atoms with E-state index in [0.717, 1.165) is 42.7 Å². The Bertz CT molecular complexity index is 1360. The highest BCUT2D eigenvalue weighted by atomic mass is 16.1. The monoisotopic (exact) mass is 439 g/mol. The van der Waals surface area contributed by atoms with Crippen molar-refractivity contribution in [2.24, 2.45) is 0 Å². The second-order valence-corrected chi connectivity index (χ2v) is 8.35. The van der Waals surface area contributed by atoms with E-state index < -0.39 is 0 Å². The summed E-state index contributed by atoms with van der Waals surface area (Å²) >= 11 is 0. The van der Waals surface area contributed by atoms with Gasteiger partial charge in [0.25, 0.3) is 11.5 Å². The number of amides is 1. The summed E-state index contributed by atoms with van der Waals surface area (Å²) < 4.78 is 1.69. The van der Waals surface area contributed by atoms with Gasteiger partial charge in [-0.05, 0) is 67.8 Å². The number of hydrogen-bond acceptors (Lipinski definition) is 5. The van der Waals surface area contributed by atoms with Crippen LogP contribution in [0.4, 0.5) is 5.95 Å². The molecule has 7 heteroatoms. The van der Waals surface area contributed by atoms with Crippen LogP contribution in [-0.2, 0) is 6.54 Å². The van der Waals surface area contributed by atoms with Crippen LogP contribution in [0.1, 0.15) is 34.3 Å². The first-order chi connectivity index (χ1) is 16.1. The highest BCUT2D eigenvalue weighted by Crippen LogP contribution is 2.23. The van der Waals surface area contributed by atoms with Crippen molar-refractivity contribution in [3.05, 3.63) is 94.0 Å². The van der Waals surface area contributed by atoms with E-state index in [4.69, 9.17) is 4.98 Å². The number of carbonyl (C=O) groups excluding carboxylic acids is 1. The predicted octanol–water partition coefficient (Wildman–Crippen LogP) is 3.62. The molecule has 4 aromatic rings. The first-order valence-corrected chi connectivity index (χ1v) is 11.2. The highest BCUT2D eigenvalue weighted by molar-refractivity contribution is 5.97. The SMILES string of the molecule is Cc1ccc(-n2c(N3CCCC3)nc3cc(C(=O)NCc4ccncc4)ccc3c2=O)cc1. The number of nitrogens with zero attached hydrogens (tertiary/aromatic N) is 4. The summed E-state index contributed by atoms with van der Waals surface area (Å²) in [5.74, 6) is 0.421. The van der Waals surface area contributed by atoms with Crippen molar-refractivity contribution in [3.63, 3.8) is 0 Å². The Kier molecular flexibility index (Phi) is 5.60. The van der Waals surface area contributed by atoms with Crippen molar-refractivity contribution >= 4 is 22.8 Å². The molecule has 0 spiro atoms. The number of nitrogens with one attached hydrogen (secondary N) is 1. The molecule has 1 N–H and O–H groups in total. The Balaban J connectivity index is 1.55. The molecule has 1 aliphatic rings. The number of aryl methyl sites for hydroxylation is 1. The van der Waals surface area contributed by atoms with Crippen LogP contribution in [0.2, 0.25) is 0 Å². The molecule has 2 aromatic heterocycles. The summed E-state index contributed by atoms with van der Waals surface area (Å²) in [6.07, 6.45) is 5.53. The van der Waals surface area contributed by atoms with E-state index in [-0.39, 0.29) is 11.5 Å². The number of aromatic nitrogens is 3. The molecule has 2 aromatic carbocycles. The first-order valence-electron chi connectivity index (χ1n) is 11.2. The molecule has 0 aliphatic carbocycles. The number of carbonyl (C=O) groups is 1. The van der Waals surface area contributed by atoms with Crippen molar-refractivity contribution < 1.29 is 4.79 Å². The van der Waals surface area contributed by atoms with Gasteiger partial charge in [-0.2, -0.15) is 0 Å². The van der Waals surface area contributed by atoms with Crippen molar-refractivity contribution in [2.45, 2.75) is 26.3 Å². The first kappa shape index (κ1) is 20.9. The molecule has 0 unspecified atom stereocenters. The molecular formula is C26H25N5O2. The Morgan fingerprint density at radius 2 is 1.73 bits per heavy atom. The second-order valence-electron chi connectivity index (χ2n) is 8.35. The lowest BCUT2D eigenvalue weighted by molar-refractivity contribution is 0.0951. The quantitative estimate of drug-likeness (QED) is 0.514. The Labute approximate surface area is 191 Å². The topological polar surface area (TPSA) is 80.1 Å². The van der Waals surface area contributed by atoms with Gasteiger partial charge in [-0.3, -0.25) is 14.6 Å². The van der Waals surface area contributed by atoms with Gasteiger partial charge in [0.15, 0.2) is 0 Å². The lowest BCUT2D eigenvalue weighted by Crippen LogP contribution is -2.30. The molecule has 1 amide bonds. The van der Waals surface area contributed by atoms with E-state index in [1.807, 2.05) is 43.3 Å². The smallest absolute Gasteiger partial charge is 0.267 e. The summed E-state index contributed by atoms with van der Waals surface area (Å²) in [7, 11) is 0. The molecule has 33 heavy (non-hydrogen) atoms. The van der Waals surface area contributed by atoms with Gasteiger partial charge in [0.05, 0.1) is 16.6 Å². The van der Waals surface area contributed by atoms with Gasteiger partial charge in [-0.15, -0.1) is 0 Å². The third-order valence-corrected chi connectivity index (χ3v) is 6.00. The summed E-state index contributed by atoms with van der Waals surface area (Å²) in [6, 6.07) is 16.7. The van der Waals surface area contributed by atoms with E-state index in [1.165, 1.54) is 0 Å². The Morgan fingerprint density at radius 1 is 1.00 bits per heavy atom. The Hall–Kier alpha value is -4.00. The zero-order chi connectivity index (χ0) is 22.8. The molecule has 1 aliphatic heterocycles. The van der Waals surface area contributed by atoms with Crippen LogP contribution >= 0.6 is 0 Å². The van der Waals surface area contributed by atoms with Gasteiger partial charge >= 0.3 is 0 Å². The minimum atomic E-state index is -0.207. The minimum absolute atomic E-state index is 0.130. The van der Waals surface area contributed by atoms with Crippen LogP contribution in [0, 0.1) is 6.92 Å². The van der Waals surface area contributed by atoms with Crippen LogP contribution in [0.5, 0.6) is 0 Å². The van der Waals surface area contributed by atoms with Crippen molar-refractivity contribution in [2.75, 3.05) is 18.0 Å². The summed E-state index contributed by atoms with van der Waals surface area (Å²) in [5, 5.41) is 3.41. The number of hydrogen-bond donors (Lipinski definition) is 1. The number of rotatable bonds is 5.